The van der Waals surface area contributed by atoms with Crippen molar-refractivity contribution in [1.82, 2.24) is 13.9 Å². The van der Waals surface area contributed by atoms with Crippen LogP contribution < -0.4 is 10.5 Å². The fraction of sp³-hybridized carbons (Fsp3) is 0.300. The predicted octanol–water partition coefficient (Wildman–Crippen LogP) is 0.953. The van der Waals surface area contributed by atoms with Crippen LogP contribution in [0.1, 0.15) is 5.82 Å². The highest BCUT2D eigenvalue weighted by Crippen LogP contribution is 2.14. The maximum Gasteiger partial charge on any atom is 0.251 e. The molecule has 0 aliphatic rings. The van der Waals surface area contributed by atoms with Gasteiger partial charge in [0, 0.05) is 37.9 Å². The molecule has 7 heteroatoms. The lowest BCUT2D eigenvalue weighted by Gasteiger charge is -2.04. The van der Waals surface area contributed by atoms with E-state index in [9.17, 15) is 9.18 Å². The van der Waals surface area contributed by atoms with Gasteiger partial charge in [0.15, 0.2) is 5.82 Å². The zero-order chi connectivity index (χ0) is 12.4. The minimum atomic E-state index is -0.451. The topological polar surface area (TPSA) is 51.0 Å². The Hall–Kier alpha value is -1.76. The predicted molar refractivity (Wildman–Crippen MR) is 64.0 cm³/mol. The summed E-state index contributed by atoms with van der Waals surface area (Å²) in [6, 6.07) is 2.33. The van der Waals surface area contributed by atoms with Gasteiger partial charge in [0.2, 0.25) is 5.13 Å². The van der Waals surface area contributed by atoms with Gasteiger partial charge in [-0.15, -0.1) is 0 Å². The van der Waals surface area contributed by atoms with Crippen LogP contribution in [0.3, 0.4) is 0 Å². The highest BCUT2D eigenvalue weighted by Gasteiger charge is 2.07. The molecule has 0 radical (unpaired) electrons. The van der Waals surface area contributed by atoms with Crippen molar-refractivity contribution in [2.75, 3.05) is 19.0 Å². The van der Waals surface area contributed by atoms with E-state index in [-0.39, 0.29) is 12.1 Å². The maximum absolute atomic E-state index is 13.0. The van der Waals surface area contributed by atoms with Gasteiger partial charge in [-0.2, -0.15) is 4.37 Å². The summed E-state index contributed by atoms with van der Waals surface area (Å²) in [6.45, 7) is 0.181. The van der Waals surface area contributed by atoms with E-state index in [1.165, 1.54) is 22.2 Å². The first kappa shape index (κ1) is 11.7. The summed E-state index contributed by atoms with van der Waals surface area (Å²) in [5, 5.41) is 0.754. The molecular weight excluding hydrogens is 243 g/mol. The third-order valence-corrected chi connectivity index (χ3v) is 3.02. The molecule has 0 amide bonds. The lowest BCUT2D eigenvalue weighted by atomic mass is 10.4. The molecular formula is C10H11FN4OS. The van der Waals surface area contributed by atoms with Crippen LogP contribution >= 0.6 is 11.5 Å². The summed E-state index contributed by atoms with van der Waals surface area (Å²) in [5.41, 5.74) is -0.271. The van der Waals surface area contributed by atoms with E-state index in [1.807, 2.05) is 19.0 Å². The molecule has 0 N–H and O–H groups in total. The average molecular weight is 254 g/mol. The number of aromatic nitrogens is 3. The summed E-state index contributed by atoms with van der Waals surface area (Å²) in [7, 11) is 3.72. The van der Waals surface area contributed by atoms with Crippen molar-refractivity contribution in [2.45, 2.75) is 6.54 Å². The molecule has 0 aromatic carbocycles. The van der Waals surface area contributed by atoms with Crippen molar-refractivity contribution in [3.8, 4) is 0 Å². The minimum Gasteiger partial charge on any atom is -0.353 e. The quantitative estimate of drug-likeness (QED) is 0.818. The summed E-state index contributed by atoms with van der Waals surface area (Å²) in [6.07, 6.45) is 1.15. The Morgan fingerprint density at radius 3 is 2.88 bits per heavy atom. The summed E-state index contributed by atoms with van der Waals surface area (Å²) in [4.78, 5) is 17.5. The number of halogens is 1. The Balaban J connectivity index is 2.25. The smallest absolute Gasteiger partial charge is 0.251 e. The van der Waals surface area contributed by atoms with E-state index in [4.69, 9.17) is 0 Å². The molecule has 0 bridgehead atoms. The molecule has 2 aromatic heterocycles. The van der Waals surface area contributed by atoms with Gasteiger partial charge < -0.3 is 9.47 Å². The van der Waals surface area contributed by atoms with Crippen molar-refractivity contribution < 1.29 is 4.39 Å². The second kappa shape index (κ2) is 4.62. The SMILES string of the molecule is CN(C)c1nc(Cn2cc(F)ccc2=O)ns1. The van der Waals surface area contributed by atoms with Gasteiger partial charge in [0.1, 0.15) is 5.82 Å². The number of pyridine rings is 1. The van der Waals surface area contributed by atoms with Crippen LogP contribution in [-0.2, 0) is 6.54 Å². The molecule has 0 saturated carbocycles. The molecule has 0 aliphatic carbocycles. The molecule has 90 valence electrons. The van der Waals surface area contributed by atoms with E-state index in [0.717, 1.165) is 17.4 Å². The van der Waals surface area contributed by atoms with E-state index >= 15 is 0 Å². The van der Waals surface area contributed by atoms with Gasteiger partial charge in [-0.05, 0) is 6.07 Å². The third-order valence-electron chi connectivity index (χ3n) is 2.10. The Kier molecular flexibility index (Phi) is 3.19. The fourth-order valence-electron chi connectivity index (χ4n) is 1.27. The summed E-state index contributed by atoms with van der Waals surface area (Å²) < 4.78 is 18.3. The van der Waals surface area contributed by atoms with Crippen molar-refractivity contribution in [3.05, 3.63) is 40.3 Å². The molecule has 0 unspecified atom stereocenters. The molecule has 2 aromatic rings. The Labute approximate surface area is 101 Å². The number of rotatable bonds is 3. The number of hydrogen-bond acceptors (Lipinski definition) is 5. The van der Waals surface area contributed by atoms with E-state index in [1.54, 1.807) is 0 Å². The fourth-order valence-corrected chi connectivity index (χ4v) is 1.86. The summed E-state index contributed by atoms with van der Waals surface area (Å²) in [5.74, 6) is 0.0547. The molecule has 0 atom stereocenters. The molecule has 2 rings (SSSR count). The first-order valence-corrected chi connectivity index (χ1v) is 5.69. The maximum atomic E-state index is 13.0. The molecule has 0 aliphatic heterocycles. The first-order valence-electron chi connectivity index (χ1n) is 4.92. The van der Waals surface area contributed by atoms with Crippen molar-refractivity contribution >= 4 is 16.7 Å². The van der Waals surface area contributed by atoms with Crippen LogP contribution in [0.4, 0.5) is 9.52 Å². The average Bonchev–Trinajstić information content (AvgIpc) is 2.72. The normalized spacial score (nSPS) is 10.5. The molecule has 0 spiro atoms. The van der Waals surface area contributed by atoms with Crippen LogP contribution in [0.5, 0.6) is 0 Å². The van der Waals surface area contributed by atoms with Crippen molar-refractivity contribution in [3.63, 3.8) is 0 Å². The third kappa shape index (κ3) is 2.68. The van der Waals surface area contributed by atoms with Crippen LogP contribution in [0.15, 0.2) is 23.1 Å². The van der Waals surface area contributed by atoms with Crippen LogP contribution in [-0.4, -0.2) is 28.0 Å². The monoisotopic (exact) mass is 254 g/mol. The zero-order valence-corrected chi connectivity index (χ0v) is 10.2. The first-order chi connectivity index (χ1) is 8.06. The van der Waals surface area contributed by atoms with Crippen molar-refractivity contribution in [2.24, 2.45) is 0 Å². The highest BCUT2D eigenvalue weighted by molar-refractivity contribution is 7.09. The van der Waals surface area contributed by atoms with Gasteiger partial charge in [-0.3, -0.25) is 4.79 Å². The van der Waals surface area contributed by atoms with Crippen LogP contribution in [0.2, 0.25) is 0 Å². The zero-order valence-electron chi connectivity index (χ0n) is 9.42. The van der Waals surface area contributed by atoms with Gasteiger partial charge in [-0.25, -0.2) is 9.37 Å². The molecule has 0 fully saturated rings. The van der Waals surface area contributed by atoms with Crippen LogP contribution in [0, 0.1) is 5.82 Å². The number of anilines is 1. The largest absolute Gasteiger partial charge is 0.353 e. The van der Waals surface area contributed by atoms with Gasteiger partial charge in [0.05, 0.1) is 6.54 Å². The van der Waals surface area contributed by atoms with Crippen molar-refractivity contribution in [1.29, 1.82) is 0 Å². The Bertz CT molecular complexity index is 578. The Morgan fingerprint density at radius 1 is 1.47 bits per heavy atom. The summed E-state index contributed by atoms with van der Waals surface area (Å²) >= 11 is 1.24. The molecule has 2 heterocycles. The van der Waals surface area contributed by atoms with E-state index in [0.29, 0.717) is 5.82 Å². The lowest BCUT2D eigenvalue weighted by Crippen LogP contribution is -2.20. The van der Waals surface area contributed by atoms with Gasteiger partial charge >= 0.3 is 0 Å². The minimum absolute atomic E-state index is 0.181. The standard InChI is InChI=1S/C10H11FN4OS/c1-14(2)10-12-8(13-17-10)6-15-5-7(11)3-4-9(15)16/h3-5H,6H2,1-2H3. The number of nitrogens with zero attached hydrogens (tertiary/aromatic N) is 4. The number of hydrogen-bond donors (Lipinski definition) is 0. The molecule has 5 nitrogen and oxygen atoms in total. The van der Waals surface area contributed by atoms with Crippen LogP contribution in [0.25, 0.3) is 0 Å². The van der Waals surface area contributed by atoms with Gasteiger partial charge in [0.25, 0.3) is 5.56 Å². The molecule has 0 saturated heterocycles. The van der Waals surface area contributed by atoms with Gasteiger partial charge in [-0.1, -0.05) is 0 Å². The van der Waals surface area contributed by atoms with E-state index in [2.05, 4.69) is 9.36 Å². The lowest BCUT2D eigenvalue weighted by molar-refractivity contribution is 0.592. The molecule has 17 heavy (non-hydrogen) atoms. The highest BCUT2D eigenvalue weighted by atomic mass is 32.1. The second-order valence-corrected chi connectivity index (χ2v) is 4.43. The second-order valence-electron chi connectivity index (χ2n) is 3.70. The Morgan fingerprint density at radius 2 is 2.24 bits per heavy atom. The van der Waals surface area contributed by atoms with E-state index < -0.39 is 5.82 Å².